The Hall–Kier alpha value is -2.02. The molecule has 110 valence electrons. The summed E-state index contributed by atoms with van der Waals surface area (Å²) in [5.74, 6) is -1.35. The molecule has 0 spiro atoms. The lowest BCUT2D eigenvalue weighted by Crippen LogP contribution is -2.25. The molecule has 6 nitrogen and oxygen atoms in total. The second-order valence-corrected chi connectivity index (χ2v) is 4.31. The topological polar surface area (TPSA) is 92.5 Å². The molecule has 1 rings (SSSR count). The molecule has 1 amide bonds. The molecule has 0 fully saturated rings. The molecule has 0 aliphatic rings. The van der Waals surface area contributed by atoms with Crippen LogP contribution >= 0.6 is 0 Å². The van der Waals surface area contributed by atoms with Crippen molar-refractivity contribution in [3.05, 3.63) is 39.7 Å². The number of nitrogens with zero attached hydrogens (tertiary/aromatic N) is 1. The molecule has 0 unspecified atom stereocenters. The Labute approximate surface area is 115 Å². The fourth-order valence-corrected chi connectivity index (χ4v) is 1.74. The summed E-state index contributed by atoms with van der Waals surface area (Å²) in [6, 6.07) is 2.79. The Balaban J connectivity index is 2.54. The van der Waals surface area contributed by atoms with E-state index in [-0.39, 0.29) is 12.2 Å². The maximum atomic E-state index is 13.1. The van der Waals surface area contributed by atoms with Crippen molar-refractivity contribution >= 4 is 11.6 Å². The molecule has 1 aromatic rings. The van der Waals surface area contributed by atoms with Gasteiger partial charge in [-0.2, -0.15) is 0 Å². The molecular weight excluding hydrogens is 267 g/mol. The summed E-state index contributed by atoms with van der Waals surface area (Å²) in [5, 5.41) is 21.9. The van der Waals surface area contributed by atoms with Crippen molar-refractivity contribution in [2.75, 3.05) is 13.2 Å². The van der Waals surface area contributed by atoms with Crippen LogP contribution in [0.1, 0.15) is 36.0 Å². The van der Waals surface area contributed by atoms with Crippen molar-refractivity contribution in [2.24, 2.45) is 0 Å². The van der Waals surface area contributed by atoms with Gasteiger partial charge in [0.2, 0.25) is 0 Å². The monoisotopic (exact) mass is 284 g/mol. The zero-order valence-electron chi connectivity index (χ0n) is 11.0. The molecule has 0 saturated heterocycles. The van der Waals surface area contributed by atoms with E-state index in [0.717, 1.165) is 31.0 Å². The van der Waals surface area contributed by atoms with Gasteiger partial charge in [0.1, 0.15) is 11.4 Å². The van der Waals surface area contributed by atoms with E-state index in [2.05, 4.69) is 5.32 Å². The lowest BCUT2D eigenvalue weighted by Gasteiger charge is -2.06. The molecule has 0 saturated carbocycles. The molecule has 1 aromatic carbocycles. The van der Waals surface area contributed by atoms with Crippen molar-refractivity contribution in [3.63, 3.8) is 0 Å². The molecule has 0 bridgehead atoms. The first-order valence-corrected chi connectivity index (χ1v) is 6.39. The van der Waals surface area contributed by atoms with Crippen molar-refractivity contribution < 1.29 is 19.2 Å². The minimum atomic E-state index is -0.713. The highest BCUT2D eigenvalue weighted by Gasteiger charge is 2.20. The number of carbonyl (C=O) groups excluding carboxylic acids is 1. The number of nitro groups is 1. The number of hydrogen-bond donors (Lipinski definition) is 2. The molecule has 20 heavy (non-hydrogen) atoms. The highest BCUT2D eigenvalue weighted by Crippen LogP contribution is 2.19. The van der Waals surface area contributed by atoms with E-state index >= 15 is 0 Å². The van der Waals surface area contributed by atoms with E-state index in [9.17, 15) is 19.3 Å². The second-order valence-electron chi connectivity index (χ2n) is 4.31. The van der Waals surface area contributed by atoms with Gasteiger partial charge >= 0.3 is 0 Å². The summed E-state index contributed by atoms with van der Waals surface area (Å²) in [4.78, 5) is 21.8. The van der Waals surface area contributed by atoms with Gasteiger partial charge in [-0.05, 0) is 25.0 Å². The predicted octanol–water partition coefficient (Wildman–Crippen LogP) is 2.02. The summed E-state index contributed by atoms with van der Waals surface area (Å²) >= 11 is 0. The highest BCUT2D eigenvalue weighted by molar-refractivity contribution is 5.98. The van der Waals surface area contributed by atoms with Crippen LogP contribution in [0.25, 0.3) is 0 Å². The number of rotatable bonds is 8. The number of unbranched alkanes of at least 4 members (excludes halogenated alkanes) is 3. The molecule has 0 aromatic heterocycles. The van der Waals surface area contributed by atoms with Crippen LogP contribution in [-0.4, -0.2) is 29.1 Å². The molecule has 7 heteroatoms. The summed E-state index contributed by atoms with van der Waals surface area (Å²) < 4.78 is 13.1. The Kier molecular flexibility index (Phi) is 6.58. The first-order chi connectivity index (χ1) is 9.56. The fourth-order valence-electron chi connectivity index (χ4n) is 1.74. The van der Waals surface area contributed by atoms with Gasteiger partial charge in [0, 0.05) is 19.2 Å². The number of aliphatic hydroxyl groups excluding tert-OH is 1. The van der Waals surface area contributed by atoms with E-state index in [0.29, 0.717) is 19.4 Å². The molecule has 0 atom stereocenters. The number of hydrogen-bond acceptors (Lipinski definition) is 4. The predicted molar refractivity (Wildman–Crippen MR) is 70.9 cm³/mol. The van der Waals surface area contributed by atoms with Gasteiger partial charge in [-0.1, -0.05) is 12.8 Å². The normalized spacial score (nSPS) is 10.3. The Bertz CT molecular complexity index is 479. The van der Waals surface area contributed by atoms with Gasteiger partial charge in [-0.25, -0.2) is 4.39 Å². The van der Waals surface area contributed by atoms with Crippen molar-refractivity contribution in [1.29, 1.82) is 0 Å². The number of nitrogens with one attached hydrogen (secondary N) is 1. The number of benzene rings is 1. The first kappa shape index (κ1) is 16.0. The number of carbonyl (C=O) groups is 1. The summed E-state index contributed by atoms with van der Waals surface area (Å²) in [6.45, 7) is 0.500. The third-order valence-electron chi connectivity index (χ3n) is 2.77. The first-order valence-electron chi connectivity index (χ1n) is 6.39. The smallest absolute Gasteiger partial charge is 0.282 e. The maximum absolute atomic E-state index is 13.1. The zero-order valence-corrected chi connectivity index (χ0v) is 11.0. The minimum Gasteiger partial charge on any atom is -0.396 e. The van der Waals surface area contributed by atoms with Gasteiger partial charge < -0.3 is 10.4 Å². The van der Waals surface area contributed by atoms with Crippen LogP contribution < -0.4 is 5.32 Å². The number of halogens is 1. The van der Waals surface area contributed by atoms with Gasteiger partial charge in [0.05, 0.1) is 4.92 Å². The number of nitro benzene ring substituents is 1. The van der Waals surface area contributed by atoms with E-state index in [1.807, 2.05) is 0 Å². The van der Waals surface area contributed by atoms with E-state index in [1.165, 1.54) is 0 Å². The van der Waals surface area contributed by atoms with Crippen LogP contribution in [0.3, 0.4) is 0 Å². The van der Waals surface area contributed by atoms with E-state index < -0.39 is 22.3 Å². The van der Waals surface area contributed by atoms with E-state index in [1.54, 1.807) is 0 Å². The largest absolute Gasteiger partial charge is 0.396 e. The van der Waals surface area contributed by atoms with Gasteiger partial charge in [-0.3, -0.25) is 14.9 Å². The van der Waals surface area contributed by atoms with Crippen LogP contribution in [0, 0.1) is 15.9 Å². The summed E-state index contributed by atoms with van der Waals surface area (Å²) in [6.07, 6.45) is 3.11. The third-order valence-corrected chi connectivity index (χ3v) is 2.77. The van der Waals surface area contributed by atoms with E-state index in [4.69, 9.17) is 5.11 Å². The SMILES string of the molecule is O=C(NCCCCCCO)c1cc(F)ccc1[N+](=O)[O-]. The Morgan fingerprint density at radius 1 is 1.30 bits per heavy atom. The summed E-state index contributed by atoms with van der Waals surface area (Å²) in [7, 11) is 0. The van der Waals surface area contributed by atoms with Gasteiger partial charge in [-0.15, -0.1) is 0 Å². The van der Waals surface area contributed by atoms with Crippen molar-refractivity contribution in [3.8, 4) is 0 Å². The third kappa shape index (κ3) is 4.93. The highest BCUT2D eigenvalue weighted by atomic mass is 19.1. The lowest BCUT2D eigenvalue weighted by molar-refractivity contribution is -0.385. The summed E-state index contributed by atoms with van der Waals surface area (Å²) in [5.41, 5.74) is -0.686. The molecule has 0 aliphatic carbocycles. The second kappa shape index (κ2) is 8.21. The van der Waals surface area contributed by atoms with Gasteiger partial charge in [0.25, 0.3) is 11.6 Å². The average molecular weight is 284 g/mol. The Morgan fingerprint density at radius 3 is 2.65 bits per heavy atom. The fraction of sp³-hybridized carbons (Fsp3) is 0.462. The molecule has 2 N–H and O–H groups in total. The minimum absolute atomic E-state index is 0.141. The average Bonchev–Trinajstić information content (AvgIpc) is 2.42. The van der Waals surface area contributed by atoms with Gasteiger partial charge in [0.15, 0.2) is 0 Å². The van der Waals surface area contributed by atoms with Crippen LogP contribution in [0.5, 0.6) is 0 Å². The maximum Gasteiger partial charge on any atom is 0.282 e. The Morgan fingerprint density at radius 2 is 2.00 bits per heavy atom. The molecular formula is C13H17FN2O4. The number of aliphatic hydroxyl groups is 1. The van der Waals surface area contributed by atoms with Crippen LogP contribution in [0.15, 0.2) is 18.2 Å². The standard InChI is InChI=1S/C13H17FN2O4/c14-10-5-6-12(16(19)20)11(9-10)13(18)15-7-3-1-2-4-8-17/h5-6,9,17H,1-4,7-8H2,(H,15,18). The molecule has 0 aliphatic heterocycles. The van der Waals surface area contributed by atoms with Crippen LogP contribution in [0.4, 0.5) is 10.1 Å². The van der Waals surface area contributed by atoms with Crippen molar-refractivity contribution in [1.82, 2.24) is 5.32 Å². The molecule has 0 heterocycles. The lowest BCUT2D eigenvalue weighted by atomic mass is 10.1. The molecule has 0 radical (unpaired) electrons. The zero-order chi connectivity index (χ0) is 15.0. The number of amides is 1. The van der Waals surface area contributed by atoms with Crippen molar-refractivity contribution in [2.45, 2.75) is 25.7 Å². The van der Waals surface area contributed by atoms with Crippen LogP contribution in [0.2, 0.25) is 0 Å². The quantitative estimate of drug-likeness (QED) is 0.434. The van der Waals surface area contributed by atoms with Crippen LogP contribution in [-0.2, 0) is 0 Å².